The molecule has 1 aliphatic rings. The van der Waals surface area contributed by atoms with Crippen molar-refractivity contribution in [3.05, 3.63) is 0 Å². The minimum Gasteiger partial charge on any atom is -0.348 e. The Hall–Kier alpha value is -0.528. The van der Waals surface area contributed by atoms with E-state index in [2.05, 4.69) is 23.1 Å². The van der Waals surface area contributed by atoms with Crippen LogP contribution in [0.3, 0.4) is 0 Å². The maximum Gasteiger partial charge on any atom is 0.336 e. The average Bonchev–Trinajstić information content (AvgIpc) is 2.51. The van der Waals surface area contributed by atoms with Crippen LogP contribution in [0.15, 0.2) is 5.10 Å². The fourth-order valence-corrected chi connectivity index (χ4v) is 1.49. The van der Waals surface area contributed by atoms with Gasteiger partial charge in [0.05, 0.1) is 6.54 Å². The molecule has 1 aliphatic heterocycles. The summed E-state index contributed by atoms with van der Waals surface area (Å²) in [5.74, 6) is 2.18. The first-order chi connectivity index (χ1) is 6.13. The molecule has 1 rings (SSSR count). The lowest BCUT2D eigenvalue weighted by molar-refractivity contribution is 0.204. The Balaban J connectivity index is 2.40. The Morgan fingerprint density at radius 3 is 2.92 bits per heavy atom. The van der Waals surface area contributed by atoms with Crippen LogP contribution in [0.5, 0.6) is 0 Å². The van der Waals surface area contributed by atoms with Gasteiger partial charge in [-0.1, -0.05) is 6.92 Å². The summed E-state index contributed by atoms with van der Waals surface area (Å²) in [6, 6.07) is -0.0429. The van der Waals surface area contributed by atoms with Crippen LogP contribution in [0.2, 0.25) is 5.79 Å². The summed E-state index contributed by atoms with van der Waals surface area (Å²) in [6.07, 6.45) is 0.908. The molecule has 2 amide bonds. The summed E-state index contributed by atoms with van der Waals surface area (Å²) >= 11 is -0.151. The topological polar surface area (TPSA) is 44.7 Å². The fraction of sp³-hybridized carbons (Fsp3) is 0.750. The molecule has 0 radical (unpaired) electrons. The van der Waals surface area contributed by atoms with Gasteiger partial charge in [0.1, 0.15) is 0 Å². The van der Waals surface area contributed by atoms with Crippen molar-refractivity contribution in [1.82, 2.24) is 10.3 Å². The van der Waals surface area contributed by atoms with E-state index in [1.807, 2.05) is 6.92 Å². The van der Waals surface area contributed by atoms with E-state index >= 15 is 0 Å². The molecule has 0 aliphatic carbocycles. The lowest BCUT2D eigenvalue weighted by Crippen LogP contribution is -2.42. The zero-order valence-electron chi connectivity index (χ0n) is 8.50. The maximum absolute atomic E-state index is 11.5. The Morgan fingerprint density at radius 2 is 2.46 bits per heavy atom. The van der Waals surface area contributed by atoms with Gasteiger partial charge in [-0.2, -0.15) is 5.10 Å². The number of carbonyl (C=O) groups is 1. The van der Waals surface area contributed by atoms with E-state index in [4.69, 9.17) is 0 Å². The van der Waals surface area contributed by atoms with Gasteiger partial charge in [-0.05, 0) is 11.8 Å². The molecule has 1 heterocycles. The Bertz CT molecular complexity index is 229. The summed E-state index contributed by atoms with van der Waals surface area (Å²) < 4.78 is 0. The van der Waals surface area contributed by atoms with Crippen LogP contribution >= 0.6 is 0 Å². The number of carbonyl (C=O) groups excluding carboxylic acids is 1. The second-order valence-corrected chi connectivity index (χ2v) is 5.51. The largest absolute Gasteiger partial charge is 0.348 e. The smallest absolute Gasteiger partial charge is 0.336 e. The van der Waals surface area contributed by atoms with Gasteiger partial charge in [0.2, 0.25) is 0 Å². The maximum atomic E-state index is 11.5. The molecule has 0 saturated heterocycles. The zero-order valence-corrected chi connectivity index (χ0v) is 9.92. The number of urea groups is 1. The molecule has 0 aromatic rings. The number of nitrogens with zero attached hydrogens (tertiary/aromatic N) is 2. The van der Waals surface area contributed by atoms with Crippen LogP contribution in [-0.2, 0) is 0 Å². The average molecular weight is 197 g/mol. The van der Waals surface area contributed by atoms with E-state index in [1.54, 1.807) is 0 Å². The van der Waals surface area contributed by atoms with Crippen LogP contribution in [-0.4, -0.2) is 43.4 Å². The standard InChI is InChI=1S/C7H12N3O.CH3.Al.H/c1-3-8-7(11)10-5-4-6(2)9-10;;;/h3H,4-5H2,1-2H3,(H,8,11);1H3;;. The Morgan fingerprint density at radius 1 is 1.77 bits per heavy atom. The van der Waals surface area contributed by atoms with E-state index in [-0.39, 0.29) is 21.3 Å². The lowest BCUT2D eigenvalue weighted by atomic mass is 10.3. The molecular weight excluding hydrogens is 181 g/mol. The van der Waals surface area contributed by atoms with Gasteiger partial charge in [0.25, 0.3) is 15.2 Å². The lowest BCUT2D eigenvalue weighted by Gasteiger charge is -2.16. The highest BCUT2D eigenvalue weighted by Gasteiger charge is 2.19. The molecule has 0 aromatic carbocycles. The third-order valence-corrected chi connectivity index (χ3v) is 3.62. The highest BCUT2D eigenvalue weighted by atomic mass is 27.1. The number of hydrazone groups is 1. The van der Waals surface area contributed by atoms with E-state index in [1.165, 1.54) is 5.01 Å². The molecule has 5 heteroatoms. The van der Waals surface area contributed by atoms with Gasteiger partial charge in [0.15, 0.2) is 0 Å². The summed E-state index contributed by atoms with van der Waals surface area (Å²) in [6.45, 7) is 4.73. The monoisotopic (exact) mass is 197 g/mol. The second kappa shape index (κ2) is 4.64. The van der Waals surface area contributed by atoms with E-state index in [0.29, 0.717) is 4.90 Å². The predicted octanol–water partition coefficient (Wildman–Crippen LogP) is 0.608. The van der Waals surface area contributed by atoms with Crippen molar-refractivity contribution in [2.75, 3.05) is 6.54 Å². The van der Waals surface area contributed by atoms with Crippen molar-refractivity contribution in [1.29, 1.82) is 0 Å². The van der Waals surface area contributed by atoms with Gasteiger partial charge in [0, 0.05) is 12.1 Å². The molecule has 0 fully saturated rings. The van der Waals surface area contributed by atoms with Gasteiger partial charge < -0.3 is 5.32 Å². The molecule has 0 bridgehead atoms. The van der Waals surface area contributed by atoms with Crippen LogP contribution in [0.25, 0.3) is 0 Å². The number of hydrogen-bond acceptors (Lipinski definition) is 2. The number of rotatable bonds is 2. The minimum absolute atomic E-state index is 0.0429. The SMILES string of the molecule is [CH3][AlH][C@H](C)NC(=O)N1CCC(C)=N1. The van der Waals surface area contributed by atoms with Crippen molar-refractivity contribution >= 4 is 27.0 Å². The molecule has 0 saturated carbocycles. The molecular formula is C8H16AlN3O. The van der Waals surface area contributed by atoms with E-state index in [0.717, 1.165) is 18.7 Å². The van der Waals surface area contributed by atoms with Crippen molar-refractivity contribution < 1.29 is 4.79 Å². The first kappa shape index (κ1) is 10.6. The van der Waals surface area contributed by atoms with Gasteiger partial charge in [-0.15, -0.1) is 5.79 Å². The molecule has 0 aromatic heterocycles. The summed E-state index contributed by atoms with van der Waals surface area (Å²) in [5, 5.41) is 8.59. The van der Waals surface area contributed by atoms with Gasteiger partial charge >= 0.3 is 6.03 Å². The Kier molecular flexibility index (Phi) is 3.76. The Labute approximate surface area is 85.1 Å². The van der Waals surface area contributed by atoms with Crippen molar-refractivity contribution in [2.45, 2.75) is 31.0 Å². The van der Waals surface area contributed by atoms with Crippen LogP contribution < -0.4 is 5.32 Å². The third kappa shape index (κ3) is 3.02. The van der Waals surface area contributed by atoms with Crippen LogP contribution in [0.1, 0.15) is 20.3 Å². The number of amides is 2. The summed E-state index contributed by atoms with van der Waals surface area (Å²) in [4.78, 5) is 11.9. The van der Waals surface area contributed by atoms with Gasteiger partial charge in [-0.3, -0.25) is 0 Å². The summed E-state index contributed by atoms with van der Waals surface area (Å²) in [7, 11) is 0. The zero-order chi connectivity index (χ0) is 9.84. The normalized spacial score (nSPS) is 18.1. The quantitative estimate of drug-likeness (QED) is 0.647. The van der Waals surface area contributed by atoms with Crippen LogP contribution in [0, 0.1) is 0 Å². The third-order valence-electron chi connectivity index (χ3n) is 2.19. The predicted molar refractivity (Wildman–Crippen MR) is 55.4 cm³/mol. The first-order valence-electron chi connectivity index (χ1n) is 4.75. The van der Waals surface area contributed by atoms with E-state index < -0.39 is 0 Å². The van der Waals surface area contributed by atoms with Crippen molar-refractivity contribution in [3.63, 3.8) is 0 Å². The molecule has 4 nitrogen and oxygen atoms in total. The molecule has 72 valence electrons. The van der Waals surface area contributed by atoms with Crippen molar-refractivity contribution in [3.8, 4) is 0 Å². The molecule has 0 spiro atoms. The molecule has 0 unspecified atom stereocenters. The van der Waals surface area contributed by atoms with Crippen LogP contribution in [0.4, 0.5) is 4.79 Å². The fourth-order valence-electron chi connectivity index (χ4n) is 1.11. The summed E-state index contributed by atoms with van der Waals surface area (Å²) in [5.41, 5.74) is 1.04. The molecule has 1 N–H and O–H groups in total. The molecule has 1 atom stereocenters. The highest BCUT2D eigenvalue weighted by molar-refractivity contribution is 6.36. The second-order valence-electron chi connectivity index (χ2n) is 3.47. The van der Waals surface area contributed by atoms with Crippen molar-refractivity contribution in [2.24, 2.45) is 5.10 Å². The first-order valence-corrected chi connectivity index (χ1v) is 6.98. The number of nitrogens with one attached hydrogen (secondary N) is 1. The highest BCUT2D eigenvalue weighted by Crippen LogP contribution is 2.05. The van der Waals surface area contributed by atoms with Gasteiger partial charge in [-0.25, -0.2) is 9.80 Å². The number of hydrogen-bond donors (Lipinski definition) is 1. The van der Waals surface area contributed by atoms with E-state index in [9.17, 15) is 4.79 Å². The molecule has 13 heavy (non-hydrogen) atoms. The minimum atomic E-state index is -0.151.